The molecule has 0 aliphatic rings. The molecule has 0 saturated heterocycles. The molecule has 2 rings (SSSR count). The Morgan fingerprint density at radius 1 is 1.19 bits per heavy atom. The van der Waals surface area contributed by atoms with Gasteiger partial charge in [0.25, 0.3) is 0 Å². The summed E-state index contributed by atoms with van der Waals surface area (Å²) in [6.07, 6.45) is 3.66. The van der Waals surface area contributed by atoms with E-state index in [2.05, 4.69) is 50.2 Å². The summed E-state index contributed by atoms with van der Waals surface area (Å²) in [6, 6.07) is 7.62. The van der Waals surface area contributed by atoms with Crippen molar-refractivity contribution in [2.45, 2.75) is 73.1 Å². The van der Waals surface area contributed by atoms with Gasteiger partial charge in [0.1, 0.15) is 5.69 Å². The van der Waals surface area contributed by atoms with Crippen LogP contribution in [0.15, 0.2) is 30.5 Å². The number of nitrogens with one attached hydrogen (secondary N) is 1. The molecular formula is C21H32N4O2. The average molecular weight is 373 g/mol. The van der Waals surface area contributed by atoms with Crippen molar-refractivity contribution in [2.75, 3.05) is 5.32 Å². The summed E-state index contributed by atoms with van der Waals surface area (Å²) < 4.78 is 7.90. The van der Waals surface area contributed by atoms with Gasteiger partial charge in [-0.05, 0) is 37.8 Å². The van der Waals surface area contributed by atoms with E-state index >= 15 is 0 Å². The second kappa shape index (κ2) is 9.13. The fourth-order valence-electron chi connectivity index (χ4n) is 3.11. The van der Waals surface area contributed by atoms with Gasteiger partial charge in [-0.3, -0.25) is 4.79 Å². The minimum Gasteiger partial charge on any atom is -0.374 e. The van der Waals surface area contributed by atoms with Crippen molar-refractivity contribution < 1.29 is 9.53 Å². The number of aromatic nitrogens is 3. The van der Waals surface area contributed by atoms with Crippen molar-refractivity contribution in [1.29, 1.82) is 0 Å². The smallest absolute Gasteiger partial charge is 0.224 e. The Hall–Kier alpha value is -2.21. The van der Waals surface area contributed by atoms with Crippen molar-refractivity contribution in [3.63, 3.8) is 0 Å². The predicted octanol–water partition coefficient (Wildman–Crippen LogP) is 4.52. The lowest BCUT2D eigenvalue weighted by molar-refractivity contribution is -0.115. The first-order valence-corrected chi connectivity index (χ1v) is 9.62. The van der Waals surface area contributed by atoms with Gasteiger partial charge < -0.3 is 10.1 Å². The van der Waals surface area contributed by atoms with Crippen LogP contribution in [-0.4, -0.2) is 33.1 Å². The Balaban J connectivity index is 1.93. The zero-order valence-corrected chi connectivity index (χ0v) is 17.3. The molecule has 0 radical (unpaired) electrons. The topological polar surface area (TPSA) is 69.0 Å². The van der Waals surface area contributed by atoms with Gasteiger partial charge in [0.15, 0.2) is 0 Å². The zero-order valence-electron chi connectivity index (χ0n) is 17.3. The second-order valence-corrected chi connectivity index (χ2v) is 8.33. The lowest BCUT2D eigenvalue weighted by Gasteiger charge is -2.26. The quantitative estimate of drug-likeness (QED) is 0.739. The molecule has 0 saturated carbocycles. The van der Waals surface area contributed by atoms with Gasteiger partial charge in [0.05, 0.1) is 24.9 Å². The molecule has 1 heterocycles. The summed E-state index contributed by atoms with van der Waals surface area (Å²) in [6.45, 7) is 13.3. The predicted molar refractivity (Wildman–Crippen MR) is 108 cm³/mol. The van der Waals surface area contributed by atoms with Gasteiger partial charge in [-0.2, -0.15) is 0 Å². The van der Waals surface area contributed by atoms with Crippen molar-refractivity contribution in [2.24, 2.45) is 5.41 Å². The summed E-state index contributed by atoms with van der Waals surface area (Å²) >= 11 is 0. The van der Waals surface area contributed by atoms with Gasteiger partial charge in [-0.15, -0.1) is 5.10 Å². The highest BCUT2D eigenvalue weighted by Gasteiger charge is 2.18. The Kier molecular flexibility index (Phi) is 7.13. The van der Waals surface area contributed by atoms with E-state index in [0.29, 0.717) is 13.0 Å². The molecule has 27 heavy (non-hydrogen) atoms. The number of carbonyl (C=O) groups excluding carboxylic acids is 1. The molecule has 0 aliphatic carbocycles. The van der Waals surface area contributed by atoms with Crippen LogP contribution in [0, 0.1) is 5.41 Å². The third-order valence-electron chi connectivity index (χ3n) is 4.13. The van der Waals surface area contributed by atoms with Crippen molar-refractivity contribution in [1.82, 2.24) is 15.0 Å². The number of hydrogen-bond acceptors (Lipinski definition) is 4. The van der Waals surface area contributed by atoms with Crippen LogP contribution in [0.2, 0.25) is 0 Å². The standard InChI is InChI=1S/C21H32N4O2/c1-7-20(26)22-18-10-8-17(9-11-18)19-14-25(24-23-19)13-16(3)27-15(2)12-21(4,5)6/h8-11,14-16H,7,12-13H2,1-6H3,(H,22,26). The first-order valence-electron chi connectivity index (χ1n) is 9.62. The fraction of sp³-hybridized carbons (Fsp3) is 0.571. The molecule has 0 aliphatic heterocycles. The summed E-state index contributed by atoms with van der Waals surface area (Å²) in [7, 11) is 0. The molecule has 1 amide bonds. The molecule has 148 valence electrons. The van der Waals surface area contributed by atoms with Gasteiger partial charge in [-0.25, -0.2) is 4.68 Å². The van der Waals surface area contributed by atoms with Crippen LogP contribution in [0.3, 0.4) is 0 Å². The summed E-state index contributed by atoms with van der Waals surface area (Å²) in [4.78, 5) is 11.4. The monoisotopic (exact) mass is 372 g/mol. The maximum absolute atomic E-state index is 11.4. The third kappa shape index (κ3) is 7.13. The molecule has 0 fully saturated rings. The van der Waals surface area contributed by atoms with Gasteiger partial charge in [0, 0.05) is 17.7 Å². The average Bonchev–Trinajstić information content (AvgIpc) is 3.01. The molecule has 1 N–H and O–H groups in total. The summed E-state index contributed by atoms with van der Waals surface area (Å²) in [5.74, 6) is 0.00312. The molecule has 1 aromatic carbocycles. The van der Waals surface area contributed by atoms with Crippen LogP contribution in [0.1, 0.15) is 54.4 Å². The van der Waals surface area contributed by atoms with Crippen LogP contribution >= 0.6 is 0 Å². The molecular weight excluding hydrogens is 340 g/mol. The zero-order chi connectivity index (χ0) is 20.0. The minimum atomic E-state index is 0.00312. The molecule has 6 nitrogen and oxygen atoms in total. The minimum absolute atomic E-state index is 0.00312. The number of nitrogens with zero attached hydrogens (tertiary/aromatic N) is 3. The van der Waals surface area contributed by atoms with Crippen molar-refractivity contribution >= 4 is 11.6 Å². The second-order valence-electron chi connectivity index (χ2n) is 8.33. The normalized spacial score (nSPS) is 14.0. The number of benzene rings is 1. The van der Waals surface area contributed by atoms with E-state index in [0.717, 1.165) is 23.4 Å². The number of rotatable bonds is 8. The summed E-state index contributed by atoms with van der Waals surface area (Å²) in [5, 5.41) is 11.3. The Labute approximate surface area is 162 Å². The highest BCUT2D eigenvalue weighted by atomic mass is 16.5. The molecule has 2 atom stereocenters. The number of anilines is 1. The van der Waals surface area contributed by atoms with Gasteiger partial charge >= 0.3 is 0 Å². The lowest BCUT2D eigenvalue weighted by Crippen LogP contribution is -2.25. The van der Waals surface area contributed by atoms with E-state index < -0.39 is 0 Å². The van der Waals surface area contributed by atoms with Crippen molar-refractivity contribution in [3.05, 3.63) is 30.5 Å². The van der Waals surface area contributed by atoms with E-state index in [9.17, 15) is 4.79 Å². The highest BCUT2D eigenvalue weighted by molar-refractivity contribution is 5.90. The molecule has 0 spiro atoms. The Bertz CT molecular complexity index is 731. The Morgan fingerprint density at radius 3 is 2.44 bits per heavy atom. The van der Waals surface area contributed by atoms with E-state index in [4.69, 9.17) is 4.74 Å². The largest absolute Gasteiger partial charge is 0.374 e. The first kappa shape index (κ1) is 21.1. The van der Waals surface area contributed by atoms with E-state index in [1.165, 1.54) is 0 Å². The van der Waals surface area contributed by atoms with Crippen LogP contribution in [-0.2, 0) is 16.1 Å². The molecule has 1 aromatic heterocycles. The number of hydrogen-bond donors (Lipinski definition) is 1. The lowest BCUT2D eigenvalue weighted by atomic mass is 9.90. The number of carbonyl (C=O) groups is 1. The maximum atomic E-state index is 11.4. The Morgan fingerprint density at radius 2 is 1.85 bits per heavy atom. The highest BCUT2D eigenvalue weighted by Crippen LogP contribution is 2.23. The van der Waals surface area contributed by atoms with Crippen LogP contribution in [0.4, 0.5) is 5.69 Å². The summed E-state index contributed by atoms with van der Waals surface area (Å²) in [5.41, 5.74) is 2.80. The molecule has 2 unspecified atom stereocenters. The number of ether oxygens (including phenoxy) is 1. The van der Waals surface area contributed by atoms with Gasteiger partial charge in [0.2, 0.25) is 5.91 Å². The van der Waals surface area contributed by atoms with E-state index in [1.807, 2.05) is 42.1 Å². The fourth-order valence-corrected chi connectivity index (χ4v) is 3.11. The first-order chi connectivity index (χ1) is 12.7. The van der Waals surface area contributed by atoms with Crippen molar-refractivity contribution in [3.8, 4) is 11.3 Å². The van der Waals surface area contributed by atoms with Crippen LogP contribution in [0.25, 0.3) is 11.3 Å². The molecule has 6 heteroatoms. The van der Waals surface area contributed by atoms with E-state index in [1.54, 1.807) is 0 Å². The van der Waals surface area contributed by atoms with E-state index in [-0.39, 0.29) is 23.5 Å². The molecule has 2 aromatic rings. The number of amides is 1. The SMILES string of the molecule is CCC(=O)Nc1ccc(-c2cn(CC(C)OC(C)CC(C)(C)C)nn2)cc1. The van der Waals surface area contributed by atoms with Crippen LogP contribution in [0.5, 0.6) is 0 Å². The third-order valence-corrected chi connectivity index (χ3v) is 4.13. The van der Waals surface area contributed by atoms with Crippen LogP contribution < -0.4 is 5.32 Å². The maximum Gasteiger partial charge on any atom is 0.224 e. The molecule has 0 bridgehead atoms. The van der Waals surface area contributed by atoms with Gasteiger partial charge in [-0.1, -0.05) is 45.0 Å².